The highest BCUT2D eigenvalue weighted by atomic mass is 32.2. The van der Waals surface area contributed by atoms with Gasteiger partial charge in [-0.1, -0.05) is 62.4 Å². The van der Waals surface area contributed by atoms with Gasteiger partial charge in [0, 0.05) is 16.0 Å². The largest absolute Gasteiger partial charge is 0.307 e. The number of H-pyrrole nitrogens is 1. The summed E-state index contributed by atoms with van der Waals surface area (Å²) in [6, 6.07) is 10.4. The lowest BCUT2D eigenvalue weighted by Crippen LogP contribution is -2.00. The number of aromatic amines is 1. The Bertz CT molecular complexity index is 571. The van der Waals surface area contributed by atoms with Crippen molar-refractivity contribution in [2.75, 3.05) is 0 Å². The summed E-state index contributed by atoms with van der Waals surface area (Å²) in [7, 11) is 0. The molecule has 4 heteroatoms. The number of benzene rings is 1. The maximum Gasteiger partial charge on any atom is 0.305 e. The van der Waals surface area contributed by atoms with Crippen LogP contribution in [-0.2, 0) is 0 Å². The molecular formula is C15H19NOS2. The first kappa shape index (κ1) is 14.4. The quantitative estimate of drug-likeness (QED) is 0.825. The summed E-state index contributed by atoms with van der Waals surface area (Å²) in [5.41, 5.74) is 1.28. The van der Waals surface area contributed by atoms with E-state index in [4.69, 9.17) is 0 Å². The van der Waals surface area contributed by atoms with Crippen molar-refractivity contribution in [3.8, 4) is 0 Å². The lowest BCUT2D eigenvalue weighted by Gasteiger charge is -2.15. The van der Waals surface area contributed by atoms with Crippen LogP contribution in [0.4, 0.5) is 0 Å². The molecule has 2 nitrogen and oxygen atoms in total. The number of rotatable bonds is 5. The van der Waals surface area contributed by atoms with Gasteiger partial charge in [-0.2, -0.15) is 0 Å². The fourth-order valence-corrected chi connectivity index (χ4v) is 4.29. The molecule has 0 radical (unpaired) electrons. The van der Waals surface area contributed by atoms with Crippen molar-refractivity contribution in [1.82, 2.24) is 4.98 Å². The second kappa shape index (κ2) is 6.44. The van der Waals surface area contributed by atoms with Crippen LogP contribution in [0.25, 0.3) is 0 Å². The Morgan fingerprint density at radius 2 is 1.95 bits per heavy atom. The molecule has 1 heterocycles. The Labute approximate surface area is 122 Å². The van der Waals surface area contributed by atoms with Crippen LogP contribution in [0.3, 0.4) is 0 Å². The van der Waals surface area contributed by atoms with Crippen molar-refractivity contribution in [2.24, 2.45) is 0 Å². The van der Waals surface area contributed by atoms with Crippen LogP contribution in [0, 0.1) is 0 Å². The van der Waals surface area contributed by atoms with Crippen LogP contribution in [0.2, 0.25) is 0 Å². The molecular weight excluding hydrogens is 274 g/mol. The van der Waals surface area contributed by atoms with Crippen LogP contribution in [0.1, 0.15) is 43.6 Å². The van der Waals surface area contributed by atoms with E-state index >= 15 is 0 Å². The third-order valence-corrected chi connectivity index (χ3v) is 5.08. The van der Waals surface area contributed by atoms with Crippen molar-refractivity contribution < 1.29 is 0 Å². The minimum Gasteiger partial charge on any atom is -0.307 e. The van der Waals surface area contributed by atoms with Gasteiger partial charge < -0.3 is 4.98 Å². The molecule has 2 rings (SSSR count). The van der Waals surface area contributed by atoms with E-state index in [0.717, 1.165) is 11.4 Å². The zero-order chi connectivity index (χ0) is 13.8. The normalized spacial score (nSPS) is 12.8. The molecule has 1 aromatic heterocycles. The van der Waals surface area contributed by atoms with Gasteiger partial charge in [0.25, 0.3) is 0 Å². The number of thioether (sulfide) groups is 1. The maximum atomic E-state index is 11.7. The Hall–Kier alpha value is -1.00. The monoisotopic (exact) mass is 293 g/mol. The first-order chi connectivity index (χ1) is 9.11. The Kier molecular flexibility index (Phi) is 4.88. The number of aromatic nitrogens is 1. The summed E-state index contributed by atoms with van der Waals surface area (Å²) < 4.78 is 0. The fourth-order valence-electron chi connectivity index (χ4n) is 2.14. The first-order valence-corrected chi connectivity index (χ1v) is 8.26. The average Bonchev–Trinajstić information content (AvgIpc) is 2.72. The van der Waals surface area contributed by atoms with Gasteiger partial charge in [0.1, 0.15) is 0 Å². The van der Waals surface area contributed by atoms with Crippen LogP contribution in [0.15, 0.2) is 40.2 Å². The average molecular weight is 293 g/mol. The molecule has 0 fully saturated rings. The predicted octanol–water partition coefficient (Wildman–Crippen LogP) is 4.48. The van der Waals surface area contributed by atoms with Gasteiger partial charge in [0.2, 0.25) is 0 Å². The second-order valence-electron chi connectivity index (χ2n) is 4.75. The number of hydrogen-bond acceptors (Lipinski definition) is 3. The molecule has 1 N–H and O–H groups in total. The van der Waals surface area contributed by atoms with E-state index < -0.39 is 0 Å². The lowest BCUT2D eigenvalue weighted by molar-refractivity contribution is 0.770. The molecule has 2 aromatic rings. The Balaban J connectivity index is 2.41. The SMILES string of the molecule is CC[C@@H](c1ccccc1)c1sc(=O)[nH]c1SC(C)C. The van der Waals surface area contributed by atoms with Crippen LogP contribution in [-0.4, -0.2) is 10.2 Å². The zero-order valence-electron chi connectivity index (χ0n) is 11.5. The smallest absolute Gasteiger partial charge is 0.305 e. The molecule has 0 amide bonds. The molecule has 0 saturated carbocycles. The minimum absolute atomic E-state index is 0.0486. The molecule has 19 heavy (non-hydrogen) atoms. The van der Waals surface area contributed by atoms with Gasteiger partial charge in [0.05, 0.1) is 5.03 Å². The van der Waals surface area contributed by atoms with Gasteiger partial charge in [-0.25, -0.2) is 0 Å². The Morgan fingerprint density at radius 1 is 1.26 bits per heavy atom. The maximum absolute atomic E-state index is 11.7. The molecule has 0 bridgehead atoms. The molecule has 0 spiro atoms. The topological polar surface area (TPSA) is 32.9 Å². The number of thiazole rings is 1. The van der Waals surface area contributed by atoms with Crippen molar-refractivity contribution in [3.63, 3.8) is 0 Å². The molecule has 0 unspecified atom stereocenters. The molecule has 0 saturated heterocycles. The van der Waals surface area contributed by atoms with E-state index in [-0.39, 0.29) is 4.87 Å². The van der Waals surface area contributed by atoms with Crippen LogP contribution in [0.5, 0.6) is 0 Å². The molecule has 0 aliphatic heterocycles. The van der Waals surface area contributed by atoms with Crippen molar-refractivity contribution in [2.45, 2.75) is 43.4 Å². The summed E-state index contributed by atoms with van der Waals surface area (Å²) in [6.45, 7) is 6.47. The van der Waals surface area contributed by atoms with Crippen molar-refractivity contribution in [1.29, 1.82) is 0 Å². The van der Waals surface area contributed by atoms with Crippen molar-refractivity contribution >= 4 is 23.1 Å². The predicted molar refractivity (Wildman–Crippen MR) is 84.5 cm³/mol. The lowest BCUT2D eigenvalue weighted by atomic mass is 9.95. The van der Waals surface area contributed by atoms with Gasteiger partial charge in [-0.3, -0.25) is 4.79 Å². The van der Waals surface area contributed by atoms with E-state index in [0.29, 0.717) is 11.2 Å². The minimum atomic E-state index is 0.0486. The standard InChI is InChI=1S/C15H19NOS2/c1-4-12(11-8-6-5-7-9-11)13-14(18-10(2)3)16-15(17)19-13/h5-10,12H,4H2,1-3H3,(H,16,17)/t12-/m0/s1. The number of hydrogen-bond donors (Lipinski definition) is 1. The summed E-state index contributed by atoms with van der Waals surface area (Å²) >= 11 is 3.09. The van der Waals surface area contributed by atoms with Gasteiger partial charge in [-0.05, 0) is 12.0 Å². The van der Waals surface area contributed by atoms with Crippen LogP contribution < -0.4 is 4.87 Å². The second-order valence-corrected chi connectivity index (χ2v) is 7.35. The van der Waals surface area contributed by atoms with Crippen molar-refractivity contribution in [3.05, 3.63) is 50.4 Å². The number of nitrogens with one attached hydrogen (secondary N) is 1. The Morgan fingerprint density at radius 3 is 2.53 bits per heavy atom. The molecule has 0 aliphatic rings. The highest BCUT2D eigenvalue weighted by molar-refractivity contribution is 8.00. The molecule has 1 atom stereocenters. The van der Waals surface area contributed by atoms with E-state index in [2.05, 4.69) is 50.0 Å². The third-order valence-electron chi connectivity index (χ3n) is 2.92. The van der Waals surface area contributed by atoms with Gasteiger partial charge in [0.15, 0.2) is 0 Å². The van der Waals surface area contributed by atoms with E-state index in [1.54, 1.807) is 11.8 Å². The highest BCUT2D eigenvalue weighted by Gasteiger charge is 2.20. The van der Waals surface area contributed by atoms with E-state index in [1.165, 1.54) is 21.8 Å². The summed E-state index contributed by atoms with van der Waals surface area (Å²) in [5, 5.41) is 1.51. The van der Waals surface area contributed by atoms with E-state index in [9.17, 15) is 4.79 Å². The summed E-state index contributed by atoms with van der Waals surface area (Å²) in [6.07, 6.45) is 1.00. The third kappa shape index (κ3) is 3.51. The van der Waals surface area contributed by atoms with Crippen LogP contribution >= 0.6 is 23.1 Å². The zero-order valence-corrected chi connectivity index (χ0v) is 13.1. The fraction of sp³-hybridized carbons (Fsp3) is 0.400. The van der Waals surface area contributed by atoms with Gasteiger partial charge >= 0.3 is 4.87 Å². The van der Waals surface area contributed by atoms with E-state index in [1.807, 2.05) is 6.07 Å². The molecule has 102 valence electrons. The molecule has 0 aliphatic carbocycles. The highest BCUT2D eigenvalue weighted by Crippen LogP contribution is 2.36. The molecule has 1 aromatic carbocycles. The van der Waals surface area contributed by atoms with Gasteiger partial charge in [-0.15, -0.1) is 11.8 Å². The summed E-state index contributed by atoms with van der Waals surface area (Å²) in [5.74, 6) is 0.311. The first-order valence-electron chi connectivity index (χ1n) is 6.56. The summed E-state index contributed by atoms with van der Waals surface area (Å²) in [4.78, 5) is 15.9.